The molecule has 0 saturated carbocycles. The number of hydrogen-bond donors (Lipinski definition) is 2. The Morgan fingerprint density at radius 1 is 1.10 bits per heavy atom. The molecule has 0 fully saturated rings. The molecule has 0 saturated heterocycles. The lowest BCUT2D eigenvalue weighted by molar-refractivity contribution is 0.620. The Labute approximate surface area is 123 Å². The van der Waals surface area contributed by atoms with Crippen LogP contribution in [-0.2, 0) is 5.41 Å². The summed E-state index contributed by atoms with van der Waals surface area (Å²) in [5.41, 5.74) is 13.6. The third-order valence-electron chi connectivity index (χ3n) is 3.44. The van der Waals surface area contributed by atoms with Crippen molar-refractivity contribution >= 4 is 17.8 Å². The first kappa shape index (κ1) is 15.0. The van der Waals surface area contributed by atoms with Crippen LogP contribution in [0.15, 0.2) is 30.3 Å². The fourth-order valence-electron chi connectivity index (χ4n) is 2.10. The topological polar surface area (TPSA) is 77.8 Å². The highest BCUT2D eigenvalue weighted by Gasteiger charge is 2.17. The monoisotopic (exact) mass is 286 g/mol. The summed E-state index contributed by atoms with van der Waals surface area (Å²) in [6.45, 7) is 5.92. The Bertz CT molecular complexity index is 652. The SMILES string of the molecule is Cc1nc(N)nc(N)c1/C=C/C(C)(C)c1ccc(F)cc1. The van der Waals surface area contributed by atoms with Crippen molar-refractivity contribution in [1.82, 2.24) is 9.97 Å². The molecule has 0 aliphatic carbocycles. The minimum atomic E-state index is -0.270. The second-order valence-corrected chi connectivity index (χ2v) is 5.53. The number of halogens is 1. The molecule has 1 heterocycles. The van der Waals surface area contributed by atoms with Crippen LogP contribution in [0.4, 0.5) is 16.2 Å². The van der Waals surface area contributed by atoms with Crippen LogP contribution in [0.3, 0.4) is 0 Å². The van der Waals surface area contributed by atoms with E-state index in [0.717, 1.165) is 16.8 Å². The number of benzene rings is 1. The molecule has 2 aromatic rings. The Morgan fingerprint density at radius 3 is 2.29 bits per heavy atom. The minimum Gasteiger partial charge on any atom is -0.383 e. The first-order valence-electron chi connectivity index (χ1n) is 6.64. The summed E-state index contributed by atoms with van der Waals surface area (Å²) in [7, 11) is 0. The predicted octanol–water partition coefficient (Wildman–Crippen LogP) is 3.08. The Balaban J connectivity index is 2.34. The minimum absolute atomic E-state index is 0.167. The molecule has 2 rings (SSSR count). The van der Waals surface area contributed by atoms with Gasteiger partial charge in [-0.1, -0.05) is 38.1 Å². The van der Waals surface area contributed by atoms with Gasteiger partial charge in [0.2, 0.25) is 5.95 Å². The van der Waals surface area contributed by atoms with Crippen LogP contribution in [0.2, 0.25) is 0 Å². The molecule has 110 valence electrons. The first-order chi connectivity index (χ1) is 9.79. The summed E-state index contributed by atoms with van der Waals surface area (Å²) < 4.78 is 13.0. The van der Waals surface area contributed by atoms with E-state index in [1.165, 1.54) is 12.1 Å². The lowest BCUT2D eigenvalue weighted by atomic mass is 9.84. The van der Waals surface area contributed by atoms with Crippen molar-refractivity contribution in [3.63, 3.8) is 0 Å². The fourth-order valence-corrected chi connectivity index (χ4v) is 2.10. The van der Waals surface area contributed by atoms with E-state index in [0.29, 0.717) is 5.82 Å². The summed E-state index contributed by atoms with van der Waals surface area (Å²) in [5, 5.41) is 0. The number of nitrogens with two attached hydrogens (primary N) is 2. The average Bonchev–Trinajstić information content (AvgIpc) is 2.37. The average molecular weight is 286 g/mol. The van der Waals surface area contributed by atoms with Crippen LogP contribution in [0.5, 0.6) is 0 Å². The van der Waals surface area contributed by atoms with Gasteiger partial charge in [0.1, 0.15) is 11.6 Å². The van der Waals surface area contributed by atoms with Crippen molar-refractivity contribution in [2.24, 2.45) is 0 Å². The molecule has 0 aliphatic heterocycles. The largest absolute Gasteiger partial charge is 0.383 e. The molecule has 5 heteroatoms. The maximum Gasteiger partial charge on any atom is 0.222 e. The second kappa shape index (κ2) is 5.52. The predicted molar refractivity (Wildman–Crippen MR) is 84.1 cm³/mol. The van der Waals surface area contributed by atoms with Gasteiger partial charge in [0, 0.05) is 11.0 Å². The number of rotatable bonds is 3. The van der Waals surface area contributed by atoms with Gasteiger partial charge in [0.25, 0.3) is 0 Å². The molecular formula is C16H19FN4. The van der Waals surface area contributed by atoms with Gasteiger partial charge in [-0.05, 0) is 24.6 Å². The van der Waals surface area contributed by atoms with Gasteiger partial charge in [-0.3, -0.25) is 0 Å². The van der Waals surface area contributed by atoms with Crippen LogP contribution in [-0.4, -0.2) is 9.97 Å². The Morgan fingerprint density at radius 2 is 1.71 bits per heavy atom. The Kier molecular flexibility index (Phi) is 3.93. The van der Waals surface area contributed by atoms with Gasteiger partial charge in [-0.15, -0.1) is 0 Å². The molecule has 0 amide bonds. The van der Waals surface area contributed by atoms with Crippen LogP contribution in [0.25, 0.3) is 6.08 Å². The molecule has 4 N–H and O–H groups in total. The number of anilines is 2. The molecule has 1 aromatic carbocycles. The Hall–Kier alpha value is -2.43. The van der Waals surface area contributed by atoms with Crippen molar-refractivity contribution < 1.29 is 4.39 Å². The molecule has 1 aromatic heterocycles. The normalized spacial score (nSPS) is 12.0. The second-order valence-electron chi connectivity index (χ2n) is 5.53. The van der Waals surface area contributed by atoms with Crippen LogP contribution >= 0.6 is 0 Å². The zero-order valence-corrected chi connectivity index (χ0v) is 12.4. The lowest BCUT2D eigenvalue weighted by Crippen LogP contribution is -2.13. The highest BCUT2D eigenvalue weighted by atomic mass is 19.1. The summed E-state index contributed by atoms with van der Waals surface area (Å²) in [5.74, 6) is 0.275. The number of allylic oxidation sites excluding steroid dienone is 1. The first-order valence-corrected chi connectivity index (χ1v) is 6.64. The molecular weight excluding hydrogens is 267 g/mol. The van der Waals surface area contributed by atoms with Gasteiger partial charge in [-0.2, -0.15) is 4.98 Å². The van der Waals surface area contributed by atoms with Gasteiger partial charge < -0.3 is 11.5 Å². The molecule has 0 aliphatic rings. The number of aryl methyl sites for hydroxylation is 1. The van der Waals surface area contributed by atoms with Crippen molar-refractivity contribution in [2.45, 2.75) is 26.2 Å². The van der Waals surface area contributed by atoms with Crippen LogP contribution in [0.1, 0.15) is 30.7 Å². The number of aromatic nitrogens is 2. The molecule has 0 bridgehead atoms. The fraction of sp³-hybridized carbons (Fsp3) is 0.250. The molecule has 0 spiro atoms. The van der Waals surface area contributed by atoms with Crippen molar-refractivity contribution in [3.05, 3.63) is 53.0 Å². The molecule has 21 heavy (non-hydrogen) atoms. The molecule has 0 radical (unpaired) electrons. The zero-order chi connectivity index (χ0) is 15.6. The summed E-state index contributed by atoms with van der Waals surface area (Å²) >= 11 is 0. The maximum absolute atomic E-state index is 13.0. The quantitative estimate of drug-likeness (QED) is 0.909. The van der Waals surface area contributed by atoms with E-state index in [1.807, 2.05) is 32.9 Å². The van der Waals surface area contributed by atoms with E-state index in [9.17, 15) is 4.39 Å². The zero-order valence-electron chi connectivity index (χ0n) is 12.4. The summed E-state index contributed by atoms with van der Waals surface area (Å²) in [6, 6.07) is 6.46. The summed E-state index contributed by atoms with van der Waals surface area (Å²) in [6.07, 6.45) is 3.88. The third-order valence-corrected chi connectivity index (χ3v) is 3.44. The van der Waals surface area contributed by atoms with E-state index < -0.39 is 0 Å². The van der Waals surface area contributed by atoms with Crippen molar-refractivity contribution in [1.29, 1.82) is 0 Å². The lowest BCUT2D eigenvalue weighted by Gasteiger charge is -2.21. The highest BCUT2D eigenvalue weighted by molar-refractivity contribution is 5.65. The number of nitrogens with zero attached hydrogens (tertiary/aromatic N) is 2. The van der Waals surface area contributed by atoms with Crippen LogP contribution in [0, 0.1) is 12.7 Å². The van der Waals surface area contributed by atoms with Crippen molar-refractivity contribution in [3.8, 4) is 0 Å². The third kappa shape index (κ3) is 3.37. The maximum atomic E-state index is 13.0. The van der Waals surface area contributed by atoms with E-state index in [-0.39, 0.29) is 17.2 Å². The highest BCUT2D eigenvalue weighted by Crippen LogP contribution is 2.27. The number of nitrogen functional groups attached to an aromatic ring is 2. The molecule has 0 atom stereocenters. The molecule has 0 unspecified atom stereocenters. The smallest absolute Gasteiger partial charge is 0.222 e. The molecule has 4 nitrogen and oxygen atoms in total. The van der Waals surface area contributed by atoms with Gasteiger partial charge in [0.05, 0.1) is 5.69 Å². The summed E-state index contributed by atoms with van der Waals surface area (Å²) in [4.78, 5) is 8.07. The van der Waals surface area contributed by atoms with E-state index in [2.05, 4.69) is 9.97 Å². The van der Waals surface area contributed by atoms with E-state index in [4.69, 9.17) is 11.5 Å². The van der Waals surface area contributed by atoms with Gasteiger partial charge in [0.15, 0.2) is 0 Å². The van der Waals surface area contributed by atoms with Gasteiger partial charge >= 0.3 is 0 Å². The van der Waals surface area contributed by atoms with Gasteiger partial charge in [-0.25, -0.2) is 9.37 Å². The van der Waals surface area contributed by atoms with Crippen LogP contribution < -0.4 is 11.5 Å². The van der Waals surface area contributed by atoms with E-state index in [1.54, 1.807) is 12.1 Å². The standard InChI is InChI=1S/C16H19FN4/c1-10-13(14(18)21-15(19)20-10)8-9-16(2,3)11-4-6-12(17)7-5-11/h4-9H,1-3H3,(H4,18,19,20,21)/b9-8+. The van der Waals surface area contributed by atoms with Crippen molar-refractivity contribution in [2.75, 3.05) is 11.5 Å². The number of hydrogen-bond acceptors (Lipinski definition) is 4. The van der Waals surface area contributed by atoms with E-state index >= 15 is 0 Å².